The highest BCUT2D eigenvalue weighted by Gasteiger charge is 2.34. The minimum absolute atomic E-state index is 0.151. The normalized spacial score (nSPS) is 18.1. The van der Waals surface area contributed by atoms with Gasteiger partial charge in [-0.05, 0) is 29.3 Å². The Labute approximate surface area is 132 Å². The SMILES string of the molecule is O=C1NCCN(C(=O)c2ccc(Cl)o2)C1Cc1ccccc1. The van der Waals surface area contributed by atoms with Crippen LogP contribution >= 0.6 is 11.6 Å². The smallest absolute Gasteiger partial charge is 0.290 e. The average molecular weight is 319 g/mol. The maximum absolute atomic E-state index is 12.6. The van der Waals surface area contributed by atoms with Gasteiger partial charge in [-0.2, -0.15) is 0 Å². The summed E-state index contributed by atoms with van der Waals surface area (Å²) in [4.78, 5) is 26.3. The molecule has 1 fully saturated rings. The van der Waals surface area contributed by atoms with E-state index >= 15 is 0 Å². The molecule has 2 heterocycles. The molecule has 1 aliphatic heterocycles. The lowest BCUT2D eigenvalue weighted by atomic mass is 10.0. The van der Waals surface area contributed by atoms with E-state index in [0.717, 1.165) is 5.56 Å². The lowest BCUT2D eigenvalue weighted by Crippen LogP contribution is -2.58. The molecular weight excluding hydrogens is 304 g/mol. The number of carbonyl (C=O) groups is 2. The zero-order valence-corrected chi connectivity index (χ0v) is 12.5. The van der Waals surface area contributed by atoms with Crippen molar-refractivity contribution < 1.29 is 14.0 Å². The van der Waals surface area contributed by atoms with E-state index in [2.05, 4.69) is 5.32 Å². The minimum atomic E-state index is -0.549. The van der Waals surface area contributed by atoms with Crippen molar-refractivity contribution >= 4 is 23.4 Å². The van der Waals surface area contributed by atoms with Crippen molar-refractivity contribution in [1.82, 2.24) is 10.2 Å². The summed E-state index contributed by atoms with van der Waals surface area (Å²) in [6.07, 6.45) is 0.465. The largest absolute Gasteiger partial charge is 0.440 e. The molecule has 5 nitrogen and oxygen atoms in total. The van der Waals surface area contributed by atoms with Gasteiger partial charge in [0, 0.05) is 19.5 Å². The predicted octanol–water partition coefficient (Wildman–Crippen LogP) is 2.12. The quantitative estimate of drug-likeness (QED) is 0.943. The van der Waals surface area contributed by atoms with E-state index in [1.54, 1.807) is 4.90 Å². The van der Waals surface area contributed by atoms with Gasteiger partial charge in [0.1, 0.15) is 6.04 Å². The standard InChI is InChI=1S/C16H15ClN2O3/c17-14-7-6-13(22-14)16(21)19-9-8-18-15(20)12(19)10-11-4-2-1-3-5-11/h1-7,12H,8-10H2,(H,18,20). The van der Waals surface area contributed by atoms with Gasteiger partial charge in [0.25, 0.3) is 5.91 Å². The Kier molecular flexibility index (Phi) is 4.15. The third kappa shape index (κ3) is 2.99. The Hall–Kier alpha value is -2.27. The molecule has 1 aromatic carbocycles. The average Bonchev–Trinajstić information content (AvgIpc) is 2.96. The van der Waals surface area contributed by atoms with Crippen molar-refractivity contribution in [3.63, 3.8) is 0 Å². The maximum Gasteiger partial charge on any atom is 0.290 e. The Bertz CT molecular complexity index is 684. The fourth-order valence-corrected chi connectivity index (χ4v) is 2.71. The number of rotatable bonds is 3. The molecule has 3 rings (SSSR count). The van der Waals surface area contributed by atoms with E-state index in [1.807, 2.05) is 30.3 Å². The van der Waals surface area contributed by atoms with E-state index < -0.39 is 6.04 Å². The molecule has 1 aliphatic rings. The Morgan fingerprint density at radius 2 is 2.05 bits per heavy atom. The molecular formula is C16H15ClN2O3. The molecule has 2 amide bonds. The fourth-order valence-electron chi connectivity index (χ4n) is 2.57. The number of nitrogens with one attached hydrogen (secondary N) is 1. The first kappa shape index (κ1) is 14.7. The van der Waals surface area contributed by atoms with Gasteiger partial charge in [-0.15, -0.1) is 0 Å². The van der Waals surface area contributed by atoms with Crippen LogP contribution in [0.1, 0.15) is 16.1 Å². The molecule has 6 heteroatoms. The molecule has 1 atom stereocenters. The summed E-state index contributed by atoms with van der Waals surface area (Å²) in [6.45, 7) is 0.880. The highest BCUT2D eigenvalue weighted by Crippen LogP contribution is 2.19. The van der Waals surface area contributed by atoms with Crippen LogP contribution in [0.5, 0.6) is 0 Å². The number of furan rings is 1. The van der Waals surface area contributed by atoms with Crippen molar-refractivity contribution in [2.75, 3.05) is 13.1 Å². The van der Waals surface area contributed by atoms with E-state index in [4.69, 9.17) is 16.0 Å². The number of amides is 2. The number of halogens is 1. The summed E-state index contributed by atoms with van der Waals surface area (Å²) in [5.74, 6) is -0.318. The minimum Gasteiger partial charge on any atom is -0.440 e. The molecule has 114 valence electrons. The number of piperazine rings is 1. The van der Waals surface area contributed by atoms with E-state index in [9.17, 15) is 9.59 Å². The third-order valence-corrected chi connectivity index (χ3v) is 3.85. The van der Waals surface area contributed by atoms with Crippen LogP contribution in [0.15, 0.2) is 46.9 Å². The predicted molar refractivity (Wildman–Crippen MR) is 81.7 cm³/mol. The van der Waals surface area contributed by atoms with Crippen LogP contribution < -0.4 is 5.32 Å². The number of hydrogen-bond donors (Lipinski definition) is 1. The third-order valence-electron chi connectivity index (χ3n) is 3.65. The van der Waals surface area contributed by atoms with Crippen molar-refractivity contribution in [3.05, 3.63) is 59.0 Å². The lowest BCUT2D eigenvalue weighted by Gasteiger charge is -2.34. The number of hydrogen-bond acceptors (Lipinski definition) is 3. The van der Waals surface area contributed by atoms with Crippen LogP contribution in [0.3, 0.4) is 0 Å². The Morgan fingerprint density at radius 1 is 1.27 bits per heavy atom. The molecule has 1 aromatic heterocycles. The molecule has 22 heavy (non-hydrogen) atoms. The monoisotopic (exact) mass is 318 g/mol. The summed E-state index contributed by atoms with van der Waals surface area (Å²) >= 11 is 5.72. The zero-order valence-electron chi connectivity index (χ0n) is 11.8. The van der Waals surface area contributed by atoms with Gasteiger partial charge in [0.2, 0.25) is 5.91 Å². The van der Waals surface area contributed by atoms with Crippen LogP contribution in [0, 0.1) is 0 Å². The van der Waals surface area contributed by atoms with Gasteiger partial charge in [0.05, 0.1) is 0 Å². The van der Waals surface area contributed by atoms with E-state index in [-0.39, 0.29) is 22.8 Å². The summed E-state index contributed by atoms with van der Waals surface area (Å²) in [7, 11) is 0. The van der Waals surface area contributed by atoms with E-state index in [1.165, 1.54) is 12.1 Å². The molecule has 0 saturated carbocycles. The number of carbonyl (C=O) groups excluding carboxylic acids is 2. The molecule has 2 aromatic rings. The van der Waals surface area contributed by atoms with Crippen LogP contribution in [-0.2, 0) is 11.2 Å². The Morgan fingerprint density at radius 3 is 2.73 bits per heavy atom. The van der Waals surface area contributed by atoms with Crippen LogP contribution in [-0.4, -0.2) is 35.8 Å². The van der Waals surface area contributed by atoms with Gasteiger partial charge in [0.15, 0.2) is 11.0 Å². The van der Waals surface area contributed by atoms with Crippen molar-refractivity contribution in [2.24, 2.45) is 0 Å². The van der Waals surface area contributed by atoms with Crippen LogP contribution in [0.4, 0.5) is 0 Å². The molecule has 1 N–H and O–H groups in total. The Balaban J connectivity index is 1.83. The van der Waals surface area contributed by atoms with Gasteiger partial charge >= 0.3 is 0 Å². The topological polar surface area (TPSA) is 62.6 Å². The summed E-state index contributed by atoms with van der Waals surface area (Å²) in [5.41, 5.74) is 1.000. The van der Waals surface area contributed by atoms with Gasteiger partial charge in [-0.25, -0.2) is 0 Å². The maximum atomic E-state index is 12.6. The van der Waals surface area contributed by atoms with Crippen molar-refractivity contribution in [3.8, 4) is 0 Å². The second-order valence-electron chi connectivity index (χ2n) is 5.10. The highest BCUT2D eigenvalue weighted by atomic mass is 35.5. The van der Waals surface area contributed by atoms with Crippen molar-refractivity contribution in [1.29, 1.82) is 0 Å². The van der Waals surface area contributed by atoms with Gasteiger partial charge in [-0.3, -0.25) is 9.59 Å². The summed E-state index contributed by atoms with van der Waals surface area (Å²) in [6, 6.07) is 12.1. The first-order valence-electron chi connectivity index (χ1n) is 7.03. The molecule has 1 saturated heterocycles. The van der Waals surface area contributed by atoms with Crippen LogP contribution in [0.25, 0.3) is 0 Å². The fraction of sp³-hybridized carbons (Fsp3) is 0.250. The number of nitrogens with zero attached hydrogens (tertiary/aromatic N) is 1. The summed E-state index contributed by atoms with van der Waals surface area (Å²) < 4.78 is 5.17. The molecule has 0 aliphatic carbocycles. The van der Waals surface area contributed by atoms with Gasteiger partial charge in [-0.1, -0.05) is 30.3 Å². The highest BCUT2D eigenvalue weighted by molar-refractivity contribution is 6.29. The summed E-state index contributed by atoms with van der Waals surface area (Å²) in [5, 5.41) is 2.96. The second kappa shape index (κ2) is 6.23. The van der Waals surface area contributed by atoms with Crippen LogP contribution in [0.2, 0.25) is 5.22 Å². The lowest BCUT2D eigenvalue weighted by molar-refractivity contribution is -0.127. The first-order chi connectivity index (χ1) is 10.6. The molecule has 0 radical (unpaired) electrons. The first-order valence-corrected chi connectivity index (χ1v) is 7.41. The molecule has 1 unspecified atom stereocenters. The second-order valence-corrected chi connectivity index (χ2v) is 5.47. The molecule has 0 bridgehead atoms. The van der Waals surface area contributed by atoms with Gasteiger partial charge < -0.3 is 14.6 Å². The molecule has 0 spiro atoms. The number of benzene rings is 1. The van der Waals surface area contributed by atoms with E-state index in [0.29, 0.717) is 19.5 Å². The zero-order chi connectivity index (χ0) is 15.5. The van der Waals surface area contributed by atoms with Crippen molar-refractivity contribution in [2.45, 2.75) is 12.5 Å².